The highest BCUT2D eigenvalue weighted by atomic mass is 16.5. The summed E-state index contributed by atoms with van der Waals surface area (Å²) in [5, 5.41) is 12.6. The number of hydrogen-bond donors (Lipinski definition) is 2. The summed E-state index contributed by atoms with van der Waals surface area (Å²) in [6, 6.07) is 5.14. The molecule has 21 heavy (non-hydrogen) atoms. The van der Waals surface area contributed by atoms with Crippen LogP contribution in [0.1, 0.15) is 46.3 Å². The fourth-order valence-electron chi connectivity index (χ4n) is 1.80. The molecule has 2 N–H and O–H groups in total. The van der Waals surface area contributed by atoms with Crippen molar-refractivity contribution >= 4 is 5.91 Å². The van der Waals surface area contributed by atoms with E-state index in [9.17, 15) is 9.90 Å². The Morgan fingerprint density at radius 3 is 2.38 bits per heavy atom. The smallest absolute Gasteiger partial charge is 0.261 e. The van der Waals surface area contributed by atoms with E-state index < -0.39 is 12.2 Å². The molecule has 0 heterocycles. The Hall–Kier alpha value is -1.75. The number of aliphatic hydroxyl groups excluding tert-OH is 1. The topological polar surface area (TPSA) is 67.8 Å². The standard InChI is InChI=1S/C16H25NO4/c1-10(18)13-8-7-12(20-6)9-14(13)21-11(2)15(19)17-16(3,4)5/h7-11,18H,1-6H3,(H,17,19)/t10-,11?/m0/s1. The Morgan fingerprint density at radius 1 is 1.29 bits per heavy atom. The molecule has 0 aliphatic heterocycles. The van der Waals surface area contributed by atoms with Crippen molar-refractivity contribution in [3.63, 3.8) is 0 Å². The third-order valence-electron chi connectivity index (χ3n) is 2.84. The van der Waals surface area contributed by atoms with Gasteiger partial charge in [0.15, 0.2) is 6.10 Å². The maximum absolute atomic E-state index is 12.1. The monoisotopic (exact) mass is 295 g/mol. The number of amides is 1. The first-order chi connectivity index (χ1) is 9.64. The minimum atomic E-state index is -0.691. The fraction of sp³-hybridized carbons (Fsp3) is 0.562. The molecule has 5 heteroatoms. The van der Waals surface area contributed by atoms with E-state index in [4.69, 9.17) is 9.47 Å². The summed E-state index contributed by atoms with van der Waals surface area (Å²) in [5.74, 6) is 0.848. The van der Waals surface area contributed by atoms with Crippen LogP contribution in [0.25, 0.3) is 0 Å². The molecule has 0 saturated carbocycles. The highest BCUT2D eigenvalue weighted by Crippen LogP contribution is 2.30. The molecule has 0 aliphatic carbocycles. The van der Waals surface area contributed by atoms with E-state index in [2.05, 4.69) is 5.32 Å². The number of carbonyl (C=O) groups excluding carboxylic acids is 1. The highest BCUT2D eigenvalue weighted by molar-refractivity contribution is 5.81. The summed E-state index contributed by atoms with van der Waals surface area (Å²) in [6.45, 7) is 9.04. The molecule has 0 radical (unpaired) electrons. The van der Waals surface area contributed by atoms with Gasteiger partial charge in [-0.15, -0.1) is 0 Å². The van der Waals surface area contributed by atoms with Crippen molar-refractivity contribution in [2.75, 3.05) is 7.11 Å². The van der Waals surface area contributed by atoms with Crippen LogP contribution >= 0.6 is 0 Å². The van der Waals surface area contributed by atoms with E-state index in [1.165, 1.54) is 0 Å². The zero-order valence-electron chi connectivity index (χ0n) is 13.6. The van der Waals surface area contributed by atoms with Crippen molar-refractivity contribution in [3.05, 3.63) is 23.8 Å². The van der Waals surface area contributed by atoms with Gasteiger partial charge in [-0.05, 0) is 46.8 Å². The molecule has 0 spiro atoms. The Bertz CT molecular complexity index is 492. The third kappa shape index (κ3) is 5.27. The van der Waals surface area contributed by atoms with Crippen molar-refractivity contribution in [3.8, 4) is 11.5 Å². The van der Waals surface area contributed by atoms with Gasteiger partial charge >= 0.3 is 0 Å². The van der Waals surface area contributed by atoms with Gasteiger partial charge in [-0.3, -0.25) is 4.79 Å². The SMILES string of the molecule is COc1ccc([C@H](C)O)c(OC(C)C(=O)NC(C)(C)C)c1. The van der Waals surface area contributed by atoms with Crippen molar-refractivity contribution in [2.45, 2.75) is 52.4 Å². The van der Waals surface area contributed by atoms with Crippen molar-refractivity contribution in [1.29, 1.82) is 0 Å². The van der Waals surface area contributed by atoms with E-state index >= 15 is 0 Å². The molecule has 1 aromatic rings. The third-order valence-corrected chi connectivity index (χ3v) is 2.84. The predicted octanol–water partition coefficient (Wildman–Crippen LogP) is 2.43. The van der Waals surface area contributed by atoms with Crippen LogP contribution in [0.3, 0.4) is 0 Å². The number of benzene rings is 1. The quantitative estimate of drug-likeness (QED) is 0.875. The van der Waals surface area contributed by atoms with Gasteiger partial charge < -0.3 is 19.9 Å². The van der Waals surface area contributed by atoms with Crippen LogP contribution in [0.4, 0.5) is 0 Å². The van der Waals surface area contributed by atoms with Crippen LogP contribution in [0.5, 0.6) is 11.5 Å². The second kappa shape index (κ2) is 6.80. The van der Waals surface area contributed by atoms with Crippen LogP contribution in [0.15, 0.2) is 18.2 Å². The largest absolute Gasteiger partial charge is 0.497 e. The van der Waals surface area contributed by atoms with Crippen LogP contribution < -0.4 is 14.8 Å². The number of hydrogen-bond acceptors (Lipinski definition) is 4. The summed E-state index contributed by atoms with van der Waals surface area (Å²) < 4.78 is 10.9. The Labute approximate surface area is 126 Å². The zero-order chi connectivity index (χ0) is 16.2. The number of carbonyl (C=O) groups is 1. The van der Waals surface area contributed by atoms with E-state index in [0.29, 0.717) is 17.1 Å². The van der Waals surface area contributed by atoms with Crippen molar-refractivity contribution in [2.24, 2.45) is 0 Å². The molecule has 1 amide bonds. The number of methoxy groups -OCH3 is 1. The molecule has 0 fully saturated rings. The van der Waals surface area contributed by atoms with Gasteiger partial charge in [0.1, 0.15) is 11.5 Å². The Balaban J connectivity index is 2.92. The highest BCUT2D eigenvalue weighted by Gasteiger charge is 2.22. The van der Waals surface area contributed by atoms with Gasteiger partial charge in [0.25, 0.3) is 5.91 Å². The van der Waals surface area contributed by atoms with Gasteiger partial charge in [-0.1, -0.05) is 0 Å². The molecule has 5 nitrogen and oxygen atoms in total. The first-order valence-electron chi connectivity index (χ1n) is 6.98. The summed E-state index contributed by atoms with van der Waals surface area (Å²) in [4.78, 5) is 12.1. The average Bonchev–Trinajstić information content (AvgIpc) is 2.36. The Morgan fingerprint density at radius 2 is 1.90 bits per heavy atom. The minimum absolute atomic E-state index is 0.207. The van der Waals surface area contributed by atoms with Crippen LogP contribution in [-0.4, -0.2) is 29.8 Å². The molecule has 0 saturated heterocycles. The van der Waals surface area contributed by atoms with E-state index in [1.807, 2.05) is 20.8 Å². The Kier molecular flexibility index (Phi) is 5.61. The minimum Gasteiger partial charge on any atom is -0.497 e. The van der Waals surface area contributed by atoms with Crippen LogP contribution in [0.2, 0.25) is 0 Å². The van der Waals surface area contributed by atoms with Crippen LogP contribution in [0, 0.1) is 0 Å². The van der Waals surface area contributed by atoms with E-state index in [1.54, 1.807) is 39.2 Å². The normalized spacial score (nSPS) is 14.2. The first-order valence-corrected chi connectivity index (χ1v) is 6.98. The fourth-order valence-corrected chi connectivity index (χ4v) is 1.80. The average molecular weight is 295 g/mol. The molecule has 118 valence electrons. The zero-order valence-corrected chi connectivity index (χ0v) is 13.6. The van der Waals surface area contributed by atoms with Gasteiger partial charge in [-0.2, -0.15) is 0 Å². The number of aliphatic hydroxyl groups is 1. The van der Waals surface area contributed by atoms with Crippen molar-refractivity contribution in [1.82, 2.24) is 5.32 Å². The van der Waals surface area contributed by atoms with Gasteiger partial charge in [0, 0.05) is 17.2 Å². The lowest BCUT2D eigenvalue weighted by atomic mass is 10.1. The lowest BCUT2D eigenvalue weighted by Crippen LogP contribution is -2.46. The molecule has 2 atom stereocenters. The molecule has 1 unspecified atom stereocenters. The lowest BCUT2D eigenvalue weighted by molar-refractivity contribution is -0.128. The molecular formula is C16H25NO4. The predicted molar refractivity (Wildman–Crippen MR) is 81.6 cm³/mol. The number of nitrogens with one attached hydrogen (secondary N) is 1. The molecule has 1 rings (SSSR count). The molecule has 0 aliphatic rings. The summed E-state index contributed by atoms with van der Waals surface area (Å²) >= 11 is 0. The van der Waals surface area contributed by atoms with Crippen LogP contribution in [-0.2, 0) is 4.79 Å². The second-order valence-corrected chi connectivity index (χ2v) is 6.08. The summed E-state index contributed by atoms with van der Waals surface area (Å²) in [5.41, 5.74) is 0.294. The lowest BCUT2D eigenvalue weighted by Gasteiger charge is -2.24. The molecule has 1 aromatic carbocycles. The molecule has 0 bridgehead atoms. The second-order valence-electron chi connectivity index (χ2n) is 6.08. The van der Waals surface area contributed by atoms with Crippen molar-refractivity contribution < 1.29 is 19.4 Å². The summed E-state index contributed by atoms with van der Waals surface area (Å²) in [6.07, 6.45) is -1.36. The first kappa shape index (κ1) is 17.3. The van der Waals surface area contributed by atoms with E-state index in [0.717, 1.165) is 0 Å². The van der Waals surface area contributed by atoms with E-state index in [-0.39, 0.29) is 11.4 Å². The van der Waals surface area contributed by atoms with Gasteiger partial charge in [0.05, 0.1) is 13.2 Å². The number of ether oxygens (including phenoxy) is 2. The molecule has 0 aromatic heterocycles. The molecular weight excluding hydrogens is 270 g/mol. The maximum atomic E-state index is 12.1. The van der Waals surface area contributed by atoms with Gasteiger partial charge in [0.2, 0.25) is 0 Å². The summed E-state index contributed by atoms with van der Waals surface area (Å²) in [7, 11) is 1.55. The number of rotatable bonds is 5. The van der Waals surface area contributed by atoms with Gasteiger partial charge in [-0.25, -0.2) is 0 Å². The maximum Gasteiger partial charge on any atom is 0.261 e.